The Morgan fingerprint density at radius 2 is 2.12 bits per heavy atom. The second-order valence-corrected chi connectivity index (χ2v) is 6.20. The number of nitrogens with two attached hydrogens (primary N) is 1. The highest BCUT2D eigenvalue weighted by Crippen LogP contribution is 2.45. The van der Waals surface area contributed by atoms with Gasteiger partial charge in [-0.05, 0) is 50.4 Å². The number of hydrogen-bond acceptors (Lipinski definition) is 2. The van der Waals surface area contributed by atoms with Gasteiger partial charge < -0.3 is 10.6 Å². The van der Waals surface area contributed by atoms with E-state index in [0.717, 1.165) is 25.4 Å². The largest absolute Gasteiger partial charge is 0.341 e. The highest BCUT2D eigenvalue weighted by molar-refractivity contribution is 6.18. The smallest absolute Gasteiger partial charge is 0.239 e. The Morgan fingerprint density at radius 3 is 2.65 bits per heavy atom. The normalized spacial score (nSPS) is 35.2. The van der Waals surface area contributed by atoms with Crippen molar-refractivity contribution < 1.29 is 4.79 Å². The van der Waals surface area contributed by atoms with E-state index in [-0.39, 0.29) is 11.9 Å². The van der Waals surface area contributed by atoms with Crippen LogP contribution >= 0.6 is 11.6 Å². The third kappa shape index (κ3) is 2.76. The first kappa shape index (κ1) is 13.2. The van der Waals surface area contributed by atoms with Crippen molar-refractivity contribution in [3.8, 4) is 0 Å². The zero-order valence-electron chi connectivity index (χ0n) is 10.6. The summed E-state index contributed by atoms with van der Waals surface area (Å²) in [6, 6.07) is -0.357. The molecule has 1 saturated heterocycles. The summed E-state index contributed by atoms with van der Waals surface area (Å²) in [5.74, 6) is 1.60. The number of halogens is 1. The van der Waals surface area contributed by atoms with Crippen LogP contribution in [0.4, 0.5) is 0 Å². The molecule has 0 radical (unpaired) electrons. The van der Waals surface area contributed by atoms with Crippen LogP contribution in [0, 0.1) is 11.3 Å². The molecule has 1 aliphatic carbocycles. The van der Waals surface area contributed by atoms with Crippen molar-refractivity contribution in [1.82, 2.24) is 4.90 Å². The van der Waals surface area contributed by atoms with Crippen molar-refractivity contribution >= 4 is 17.5 Å². The molecule has 0 bridgehead atoms. The molecule has 2 rings (SSSR count). The predicted molar refractivity (Wildman–Crippen MR) is 70.0 cm³/mol. The maximum atomic E-state index is 11.9. The fourth-order valence-corrected chi connectivity index (χ4v) is 3.57. The minimum Gasteiger partial charge on any atom is -0.341 e. The Labute approximate surface area is 109 Å². The third-order valence-corrected chi connectivity index (χ3v) is 4.96. The van der Waals surface area contributed by atoms with Crippen LogP contribution in [0.5, 0.6) is 0 Å². The second-order valence-electron chi connectivity index (χ2n) is 5.90. The zero-order valence-corrected chi connectivity index (χ0v) is 11.4. The van der Waals surface area contributed by atoms with E-state index in [1.807, 2.05) is 4.90 Å². The zero-order chi connectivity index (χ0) is 12.5. The Kier molecular flexibility index (Phi) is 3.99. The van der Waals surface area contributed by atoms with Gasteiger partial charge in [0.15, 0.2) is 0 Å². The van der Waals surface area contributed by atoms with E-state index in [1.165, 1.54) is 25.7 Å². The quantitative estimate of drug-likeness (QED) is 0.770. The van der Waals surface area contributed by atoms with Gasteiger partial charge in [-0.25, -0.2) is 0 Å². The Balaban J connectivity index is 1.91. The summed E-state index contributed by atoms with van der Waals surface area (Å²) in [6.45, 7) is 3.59. The van der Waals surface area contributed by atoms with Crippen LogP contribution in [0.2, 0.25) is 0 Å². The van der Waals surface area contributed by atoms with Gasteiger partial charge in [0.1, 0.15) is 0 Å². The molecular weight excluding hydrogens is 236 g/mol. The molecule has 17 heavy (non-hydrogen) atoms. The Hall–Kier alpha value is -0.280. The molecule has 3 nitrogen and oxygen atoms in total. The van der Waals surface area contributed by atoms with Crippen LogP contribution in [0.15, 0.2) is 0 Å². The highest BCUT2D eigenvalue weighted by Gasteiger charge is 2.42. The van der Waals surface area contributed by atoms with Crippen LogP contribution < -0.4 is 5.73 Å². The average molecular weight is 259 g/mol. The molecule has 4 heteroatoms. The first-order chi connectivity index (χ1) is 8.06. The number of nitrogens with zero attached hydrogens (tertiary/aromatic N) is 1. The molecule has 1 heterocycles. The molecule has 0 aromatic heterocycles. The van der Waals surface area contributed by atoms with Crippen LogP contribution in [0.3, 0.4) is 0 Å². The molecule has 1 amide bonds. The summed E-state index contributed by atoms with van der Waals surface area (Å²) in [5.41, 5.74) is 6.05. The molecule has 2 aliphatic rings. The highest BCUT2D eigenvalue weighted by atomic mass is 35.5. The summed E-state index contributed by atoms with van der Waals surface area (Å²) < 4.78 is 0. The molecule has 2 N–H and O–H groups in total. The van der Waals surface area contributed by atoms with Gasteiger partial charge in [-0.1, -0.05) is 0 Å². The average Bonchev–Trinajstić information content (AvgIpc) is 2.73. The predicted octanol–water partition coefficient (Wildman–Crippen LogP) is 1.98. The van der Waals surface area contributed by atoms with E-state index in [4.69, 9.17) is 17.3 Å². The fourth-order valence-electron chi connectivity index (χ4n) is 3.26. The number of carbonyl (C=O) groups excluding carboxylic acids is 1. The molecule has 1 aliphatic heterocycles. The first-order valence-corrected chi connectivity index (χ1v) is 7.20. The van der Waals surface area contributed by atoms with Gasteiger partial charge in [0.05, 0.1) is 6.04 Å². The summed E-state index contributed by atoms with van der Waals surface area (Å²) >= 11 is 5.92. The lowest BCUT2D eigenvalue weighted by atomic mass is 9.70. The molecule has 2 fully saturated rings. The first-order valence-electron chi connectivity index (χ1n) is 6.67. The maximum Gasteiger partial charge on any atom is 0.239 e. The van der Waals surface area contributed by atoms with E-state index in [2.05, 4.69) is 0 Å². The summed E-state index contributed by atoms with van der Waals surface area (Å²) in [4.78, 5) is 13.8. The van der Waals surface area contributed by atoms with Gasteiger partial charge in [-0.3, -0.25) is 4.79 Å². The number of carbonyl (C=O) groups is 1. The van der Waals surface area contributed by atoms with Crippen molar-refractivity contribution in [3.05, 3.63) is 0 Å². The monoisotopic (exact) mass is 258 g/mol. The minimum atomic E-state index is -0.357. The van der Waals surface area contributed by atoms with Crippen molar-refractivity contribution in [2.75, 3.05) is 19.0 Å². The standard InChI is InChI=1S/C13H23ClN2O/c1-10(15)12(17)16-7-6-13(9-16)4-2-11(8-14)3-5-13/h10-11H,2-9,15H2,1H3/t10-,11?,13?/m1/s1. The van der Waals surface area contributed by atoms with Crippen LogP contribution in [-0.2, 0) is 4.79 Å². The van der Waals surface area contributed by atoms with Crippen molar-refractivity contribution in [1.29, 1.82) is 0 Å². The topological polar surface area (TPSA) is 46.3 Å². The molecule has 1 atom stereocenters. The molecule has 98 valence electrons. The van der Waals surface area contributed by atoms with E-state index < -0.39 is 0 Å². The van der Waals surface area contributed by atoms with Gasteiger partial charge in [0.25, 0.3) is 0 Å². The molecule has 1 saturated carbocycles. The van der Waals surface area contributed by atoms with E-state index in [0.29, 0.717) is 11.3 Å². The van der Waals surface area contributed by atoms with Crippen molar-refractivity contribution in [3.63, 3.8) is 0 Å². The summed E-state index contributed by atoms with van der Waals surface area (Å²) in [6.07, 6.45) is 6.06. The van der Waals surface area contributed by atoms with Crippen LogP contribution in [0.25, 0.3) is 0 Å². The molecular formula is C13H23ClN2O. The second kappa shape index (κ2) is 5.15. The van der Waals surface area contributed by atoms with E-state index >= 15 is 0 Å². The SMILES string of the molecule is C[C@@H](N)C(=O)N1CCC2(CCC(CCl)CC2)C1. The number of likely N-dealkylation sites (tertiary alicyclic amines) is 1. The number of hydrogen-bond donors (Lipinski definition) is 1. The fraction of sp³-hybridized carbons (Fsp3) is 0.923. The number of rotatable bonds is 2. The van der Waals surface area contributed by atoms with Crippen molar-refractivity contribution in [2.24, 2.45) is 17.1 Å². The molecule has 0 aromatic carbocycles. The molecule has 1 spiro atoms. The minimum absolute atomic E-state index is 0.112. The van der Waals surface area contributed by atoms with Gasteiger partial charge in [0, 0.05) is 19.0 Å². The van der Waals surface area contributed by atoms with Crippen molar-refractivity contribution in [2.45, 2.75) is 45.1 Å². The van der Waals surface area contributed by atoms with E-state index in [9.17, 15) is 4.79 Å². The summed E-state index contributed by atoms with van der Waals surface area (Å²) in [7, 11) is 0. The lowest BCUT2D eigenvalue weighted by Gasteiger charge is -2.36. The van der Waals surface area contributed by atoms with Gasteiger partial charge in [0.2, 0.25) is 5.91 Å². The van der Waals surface area contributed by atoms with Gasteiger partial charge >= 0.3 is 0 Å². The lowest BCUT2D eigenvalue weighted by molar-refractivity contribution is -0.131. The molecule has 0 aromatic rings. The Bertz CT molecular complexity index is 285. The summed E-state index contributed by atoms with van der Waals surface area (Å²) in [5, 5.41) is 0. The Morgan fingerprint density at radius 1 is 1.47 bits per heavy atom. The van der Waals surface area contributed by atoms with Crippen LogP contribution in [-0.4, -0.2) is 35.8 Å². The van der Waals surface area contributed by atoms with Gasteiger partial charge in [-0.2, -0.15) is 0 Å². The number of alkyl halides is 1. The van der Waals surface area contributed by atoms with Crippen LogP contribution in [0.1, 0.15) is 39.0 Å². The lowest BCUT2D eigenvalue weighted by Crippen LogP contribution is -2.42. The van der Waals surface area contributed by atoms with Gasteiger partial charge in [-0.15, -0.1) is 11.6 Å². The third-order valence-electron chi connectivity index (χ3n) is 4.52. The maximum absolute atomic E-state index is 11.9. The number of amides is 1. The molecule has 0 unspecified atom stereocenters. The van der Waals surface area contributed by atoms with E-state index in [1.54, 1.807) is 6.92 Å².